The Morgan fingerprint density at radius 2 is 1.86 bits per heavy atom. The Kier molecular flexibility index (Phi) is 4.87. The summed E-state index contributed by atoms with van der Waals surface area (Å²) in [4.78, 5) is 0. The third-order valence-electron chi connectivity index (χ3n) is 4.90. The highest BCUT2D eigenvalue weighted by molar-refractivity contribution is 5.33. The molecule has 0 spiro atoms. The van der Waals surface area contributed by atoms with Crippen LogP contribution in [-0.4, -0.2) is 14.2 Å². The average molecular weight is 297 g/mol. The molecule has 1 fully saturated rings. The molecule has 0 saturated heterocycles. The maximum atomic E-state index is 14.4. The van der Waals surface area contributed by atoms with Gasteiger partial charge in [-0.05, 0) is 31.2 Å². The van der Waals surface area contributed by atoms with Gasteiger partial charge in [-0.1, -0.05) is 26.7 Å². The predicted molar refractivity (Wildman–Crippen MR) is 80.4 cm³/mol. The summed E-state index contributed by atoms with van der Waals surface area (Å²) in [6, 6.07) is 2.21. The maximum absolute atomic E-state index is 14.4. The SMILES string of the molecule is CNC(c1c(F)cc(OC)cc1F)C1CCCCC1(C)C. The van der Waals surface area contributed by atoms with Crippen LogP contribution < -0.4 is 10.1 Å². The minimum absolute atomic E-state index is 0.0741. The first-order valence-electron chi connectivity index (χ1n) is 7.61. The smallest absolute Gasteiger partial charge is 0.134 e. The molecule has 1 saturated carbocycles. The molecule has 0 radical (unpaired) electrons. The normalized spacial score (nSPS) is 22.9. The zero-order valence-electron chi connectivity index (χ0n) is 13.3. The minimum atomic E-state index is -0.535. The second-order valence-corrected chi connectivity index (χ2v) is 6.61. The lowest BCUT2D eigenvalue weighted by atomic mass is 9.64. The van der Waals surface area contributed by atoms with Crippen molar-refractivity contribution in [2.75, 3.05) is 14.2 Å². The van der Waals surface area contributed by atoms with Crippen molar-refractivity contribution < 1.29 is 13.5 Å². The first-order valence-corrected chi connectivity index (χ1v) is 7.61. The summed E-state index contributed by atoms with van der Waals surface area (Å²) in [5.41, 5.74) is 0.211. The average Bonchev–Trinajstić information content (AvgIpc) is 2.43. The van der Waals surface area contributed by atoms with E-state index in [0.29, 0.717) is 0 Å². The molecule has 0 amide bonds. The molecule has 2 atom stereocenters. The van der Waals surface area contributed by atoms with E-state index < -0.39 is 11.6 Å². The Bertz CT molecular complexity index is 479. The van der Waals surface area contributed by atoms with Gasteiger partial charge in [-0.2, -0.15) is 0 Å². The Hall–Kier alpha value is -1.16. The fraction of sp³-hybridized carbons (Fsp3) is 0.647. The van der Waals surface area contributed by atoms with Gasteiger partial charge in [0, 0.05) is 23.7 Å². The van der Waals surface area contributed by atoms with E-state index in [1.807, 2.05) is 0 Å². The topological polar surface area (TPSA) is 21.3 Å². The molecule has 1 aromatic carbocycles. The number of hydrogen-bond acceptors (Lipinski definition) is 2. The monoisotopic (exact) mass is 297 g/mol. The van der Waals surface area contributed by atoms with E-state index in [4.69, 9.17) is 4.74 Å². The van der Waals surface area contributed by atoms with Gasteiger partial charge in [0.1, 0.15) is 17.4 Å². The highest BCUT2D eigenvalue weighted by Crippen LogP contribution is 2.47. The highest BCUT2D eigenvalue weighted by Gasteiger charge is 2.39. The second kappa shape index (κ2) is 6.30. The maximum Gasteiger partial charge on any atom is 0.134 e. The summed E-state index contributed by atoms with van der Waals surface area (Å²) in [6.07, 6.45) is 4.39. The van der Waals surface area contributed by atoms with Crippen molar-refractivity contribution in [3.63, 3.8) is 0 Å². The molecule has 1 N–H and O–H groups in total. The molecular formula is C17H25F2NO. The van der Waals surface area contributed by atoms with Crippen molar-refractivity contribution in [1.29, 1.82) is 0 Å². The number of halogens is 2. The van der Waals surface area contributed by atoms with Crippen LogP contribution in [0.1, 0.15) is 51.1 Å². The van der Waals surface area contributed by atoms with Gasteiger partial charge >= 0.3 is 0 Å². The first-order chi connectivity index (χ1) is 9.90. The van der Waals surface area contributed by atoms with Gasteiger partial charge in [0.2, 0.25) is 0 Å². The van der Waals surface area contributed by atoms with Crippen LogP contribution in [-0.2, 0) is 0 Å². The van der Waals surface area contributed by atoms with Crippen LogP contribution in [0.2, 0.25) is 0 Å². The number of benzene rings is 1. The standard InChI is InChI=1S/C17H25F2NO/c1-17(2)8-6-5-7-12(17)16(20-3)15-13(18)9-11(21-4)10-14(15)19/h9-10,12,16,20H,5-8H2,1-4H3. The third-order valence-corrected chi connectivity index (χ3v) is 4.90. The van der Waals surface area contributed by atoms with Crippen molar-refractivity contribution >= 4 is 0 Å². The van der Waals surface area contributed by atoms with Crippen LogP contribution in [0.15, 0.2) is 12.1 Å². The van der Waals surface area contributed by atoms with Gasteiger partial charge in [-0.15, -0.1) is 0 Å². The van der Waals surface area contributed by atoms with E-state index in [1.54, 1.807) is 7.05 Å². The largest absolute Gasteiger partial charge is 0.497 e. The summed E-state index contributed by atoms with van der Waals surface area (Å²) < 4.78 is 33.7. The Morgan fingerprint density at radius 3 is 2.33 bits per heavy atom. The number of methoxy groups -OCH3 is 1. The second-order valence-electron chi connectivity index (χ2n) is 6.61. The molecule has 1 aromatic rings. The Balaban J connectivity index is 2.42. The lowest BCUT2D eigenvalue weighted by Gasteiger charge is -2.43. The van der Waals surface area contributed by atoms with E-state index in [9.17, 15) is 8.78 Å². The van der Waals surface area contributed by atoms with E-state index in [1.165, 1.54) is 25.7 Å². The van der Waals surface area contributed by atoms with Crippen molar-refractivity contribution in [2.45, 2.75) is 45.6 Å². The van der Waals surface area contributed by atoms with Gasteiger partial charge in [0.05, 0.1) is 7.11 Å². The molecule has 0 aliphatic heterocycles. The van der Waals surface area contributed by atoms with Gasteiger partial charge < -0.3 is 10.1 Å². The highest BCUT2D eigenvalue weighted by atomic mass is 19.1. The fourth-order valence-electron chi connectivity index (χ4n) is 3.66. The fourth-order valence-corrected chi connectivity index (χ4v) is 3.66. The quantitative estimate of drug-likeness (QED) is 0.886. The molecule has 2 nitrogen and oxygen atoms in total. The molecule has 0 aromatic heterocycles. The Morgan fingerprint density at radius 1 is 1.24 bits per heavy atom. The molecule has 0 heterocycles. The lowest BCUT2D eigenvalue weighted by molar-refractivity contribution is 0.0983. The molecule has 1 aliphatic carbocycles. The lowest BCUT2D eigenvalue weighted by Crippen LogP contribution is -2.38. The number of ether oxygens (including phenoxy) is 1. The van der Waals surface area contributed by atoms with E-state index in [2.05, 4.69) is 19.2 Å². The molecule has 0 bridgehead atoms. The van der Waals surface area contributed by atoms with Crippen molar-refractivity contribution in [2.24, 2.45) is 11.3 Å². The van der Waals surface area contributed by atoms with Gasteiger partial charge in [-0.3, -0.25) is 0 Å². The van der Waals surface area contributed by atoms with Gasteiger partial charge in [0.25, 0.3) is 0 Å². The molecule has 118 valence electrons. The molecule has 2 rings (SSSR count). The van der Waals surface area contributed by atoms with Crippen molar-refractivity contribution in [3.05, 3.63) is 29.3 Å². The van der Waals surface area contributed by atoms with E-state index in [-0.39, 0.29) is 28.7 Å². The van der Waals surface area contributed by atoms with Crippen LogP contribution >= 0.6 is 0 Å². The zero-order valence-corrected chi connectivity index (χ0v) is 13.3. The minimum Gasteiger partial charge on any atom is -0.497 e. The predicted octanol–water partition coefficient (Wildman–Crippen LogP) is 4.45. The van der Waals surface area contributed by atoms with Crippen LogP contribution in [0.4, 0.5) is 8.78 Å². The van der Waals surface area contributed by atoms with Gasteiger partial charge in [0.15, 0.2) is 0 Å². The molecule has 1 aliphatic rings. The molecular weight excluding hydrogens is 272 g/mol. The summed E-state index contributed by atoms with van der Waals surface area (Å²) in [5, 5.41) is 3.14. The summed E-state index contributed by atoms with van der Waals surface area (Å²) in [5.74, 6) is -0.639. The first kappa shape index (κ1) is 16.2. The van der Waals surface area contributed by atoms with Gasteiger partial charge in [-0.25, -0.2) is 8.78 Å². The number of hydrogen-bond donors (Lipinski definition) is 1. The third kappa shape index (κ3) is 3.20. The molecule has 4 heteroatoms. The number of nitrogens with one attached hydrogen (secondary N) is 1. The van der Waals surface area contributed by atoms with E-state index >= 15 is 0 Å². The molecule has 21 heavy (non-hydrogen) atoms. The number of rotatable bonds is 4. The van der Waals surface area contributed by atoms with Crippen LogP contribution in [0.5, 0.6) is 5.75 Å². The zero-order chi connectivity index (χ0) is 15.6. The summed E-state index contributed by atoms with van der Waals surface area (Å²) >= 11 is 0. The van der Waals surface area contributed by atoms with Crippen LogP contribution in [0, 0.1) is 23.0 Å². The molecule has 2 unspecified atom stereocenters. The summed E-state index contributed by atoms with van der Waals surface area (Å²) in [6.45, 7) is 4.39. The van der Waals surface area contributed by atoms with Crippen LogP contribution in [0.25, 0.3) is 0 Å². The summed E-state index contributed by atoms with van der Waals surface area (Å²) in [7, 11) is 3.19. The van der Waals surface area contributed by atoms with Crippen molar-refractivity contribution in [1.82, 2.24) is 5.32 Å². The van der Waals surface area contributed by atoms with Crippen molar-refractivity contribution in [3.8, 4) is 5.75 Å². The van der Waals surface area contributed by atoms with E-state index in [0.717, 1.165) is 19.3 Å². The Labute approximate surface area is 125 Å². The van der Waals surface area contributed by atoms with Crippen LogP contribution in [0.3, 0.4) is 0 Å².